The zero-order valence-corrected chi connectivity index (χ0v) is 7.85. The van der Waals surface area contributed by atoms with Crippen LogP contribution in [0, 0.1) is 0 Å². The minimum absolute atomic E-state index is 0.0869. The summed E-state index contributed by atoms with van der Waals surface area (Å²) >= 11 is 0. The maximum atomic E-state index is 9.76. The summed E-state index contributed by atoms with van der Waals surface area (Å²) < 4.78 is 0. The number of aliphatic carboxylic acids is 1. The van der Waals surface area contributed by atoms with Gasteiger partial charge in [0.25, 0.3) is 0 Å². The summed E-state index contributed by atoms with van der Waals surface area (Å²) in [5.41, 5.74) is 0. The average Bonchev–Trinajstić information content (AvgIpc) is 2.26. The Morgan fingerprint density at radius 2 is 1.73 bits per heavy atom. The molecule has 7 nitrogen and oxygen atoms in total. The van der Waals surface area contributed by atoms with E-state index in [1.54, 1.807) is 0 Å². The van der Waals surface area contributed by atoms with Crippen molar-refractivity contribution < 1.29 is 35.1 Å². The van der Waals surface area contributed by atoms with E-state index in [4.69, 9.17) is 25.5 Å². The van der Waals surface area contributed by atoms with Crippen LogP contribution in [0.25, 0.3) is 0 Å². The predicted molar refractivity (Wildman–Crippen MR) is 49.0 cm³/mol. The van der Waals surface area contributed by atoms with Gasteiger partial charge in [0.05, 0.1) is 6.61 Å². The van der Waals surface area contributed by atoms with Crippen molar-refractivity contribution in [3.8, 4) is 0 Å². The Morgan fingerprint density at radius 1 is 1.33 bits per heavy atom. The number of aldehydes is 1. The highest BCUT2D eigenvalue weighted by Gasteiger charge is 2.22. The lowest BCUT2D eigenvalue weighted by molar-refractivity contribution is -0.131. The van der Waals surface area contributed by atoms with Crippen LogP contribution < -0.4 is 0 Å². The van der Waals surface area contributed by atoms with E-state index in [-0.39, 0.29) is 6.29 Å². The molecule has 5 N–H and O–H groups in total. The fourth-order valence-corrected chi connectivity index (χ4v) is 0.416. The van der Waals surface area contributed by atoms with E-state index in [0.29, 0.717) is 0 Å². The van der Waals surface area contributed by atoms with Crippen molar-refractivity contribution in [3.05, 3.63) is 12.7 Å². The molecule has 0 bridgehead atoms. The molecular weight excluding hydrogens is 208 g/mol. The van der Waals surface area contributed by atoms with Crippen LogP contribution in [0.3, 0.4) is 0 Å². The maximum Gasteiger partial charge on any atom is 0.327 e. The van der Waals surface area contributed by atoms with Crippen LogP contribution in [0.15, 0.2) is 12.7 Å². The lowest BCUT2D eigenvalue weighted by Gasteiger charge is -2.16. The molecule has 0 amide bonds. The number of carboxylic acids is 1. The molecule has 15 heavy (non-hydrogen) atoms. The van der Waals surface area contributed by atoms with Gasteiger partial charge in [-0.25, -0.2) is 4.79 Å². The second-order valence-electron chi connectivity index (χ2n) is 2.41. The SMILES string of the molecule is C=CC(=O)O.O=C[C@H](O)[C@@H](O)[C@H](O)CO. The standard InChI is InChI=1S/C5H10O5.C3H4O2/c6-1-3(8)5(10)4(9)2-7;1-2-3(4)5/h1,3-5,7-10H,2H2;2H,1H2,(H,4,5)/t3-,4+,5+;/m0./s1. The Balaban J connectivity index is 0. The van der Waals surface area contributed by atoms with E-state index in [1.165, 1.54) is 0 Å². The molecule has 0 unspecified atom stereocenters. The molecule has 0 aromatic rings. The molecular formula is C8H14O7. The monoisotopic (exact) mass is 222 g/mol. The minimum atomic E-state index is -1.64. The Labute approximate surface area is 85.9 Å². The van der Waals surface area contributed by atoms with Crippen LogP contribution in [0.2, 0.25) is 0 Å². The van der Waals surface area contributed by atoms with Gasteiger partial charge in [0.1, 0.15) is 18.3 Å². The summed E-state index contributed by atoms with van der Waals surface area (Å²) in [5, 5.41) is 41.7. The van der Waals surface area contributed by atoms with Crippen LogP contribution in [0.1, 0.15) is 0 Å². The number of rotatable bonds is 5. The number of carbonyl (C=O) groups excluding carboxylic acids is 1. The van der Waals surface area contributed by atoms with Crippen molar-refractivity contribution in [2.24, 2.45) is 0 Å². The lowest BCUT2D eigenvalue weighted by Crippen LogP contribution is -2.40. The molecule has 0 rings (SSSR count). The Kier molecular flexibility index (Phi) is 10.0. The number of carboxylic acid groups (broad SMARTS) is 1. The van der Waals surface area contributed by atoms with Gasteiger partial charge in [-0.2, -0.15) is 0 Å². The molecule has 0 heterocycles. The zero-order valence-electron chi connectivity index (χ0n) is 7.85. The van der Waals surface area contributed by atoms with Crippen molar-refractivity contribution in [1.82, 2.24) is 0 Å². The zero-order chi connectivity index (χ0) is 12.4. The fourth-order valence-electron chi connectivity index (χ4n) is 0.416. The summed E-state index contributed by atoms with van der Waals surface area (Å²) in [4.78, 5) is 19.0. The molecule has 88 valence electrons. The molecule has 3 atom stereocenters. The number of hydrogen-bond acceptors (Lipinski definition) is 6. The van der Waals surface area contributed by atoms with Crippen LogP contribution in [-0.2, 0) is 9.59 Å². The second-order valence-corrected chi connectivity index (χ2v) is 2.41. The maximum absolute atomic E-state index is 9.76. The summed E-state index contributed by atoms with van der Waals surface area (Å²) in [6.07, 6.45) is -3.80. The third kappa shape index (κ3) is 9.03. The van der Waals surface area contributed by atoms with Gasteiger partial charge in [-0.1, -0.05) is 6.58 Å². The lowest BCUT2D eigenvalue weighted by atomic mass is 10.1. The molecule has 0 aromatic carbocycles. The molecule has 0 aliphatic heterocycles. The molecule has 0 spiro atoms. The highest BCUT2D eigenvalue weighted by molar-refractivity contribution is 5.78. The summed E-state index contributed by atoms with van der Waals surface area (Å²) in [5.74, 6) is -0.981. The summed E-state index contributed by atoms with van der Waals surface area (Å²) in [6.45, 7) is 2.27. The van der Waals surface area contributed by atoms with Crippen LogP contribution in [-0.4, -0.2) is 62.7 Å². The van der Waals surface area contributed by atoms with Gasteiger partial charge in [-0.05, 0) is 0 Å². The first-order chi connectivity index (χ1) is 6.90. The van der Waals surface area contributed by atoms with Gasteiger partial charge in [0, 0.05) is 6.08 Å². The highest BCUT2D eigenvalue weighted by Crippen LogP contribution is 1.96. The largest absolute Gasteiger partial charge is 0.478 e. The van der Waals surface area contributed by atoms with Crippen LogP contribution in [0.4, 0.5) is 0 Å². The van der Waals surface area contributed by atoms with Crippen LogP contribution >= 0.6 is 0 Å². The summed E-state index contributed by atoms with van der Waals surface area (Å²) in [7, 11) is 0. The number of aliphatic hydroxyl groups excluding tert-OH is 4. The van der Waals surface area contributed by atoms with Crippen molar-refractivity contribution in [2.45, 2.75) is 18.3 Å². The molecule has 0 aliphatic carbocycles. The van der Waals surface area contributed by atoms with Crippen LogP contribution in [0.5, 0.6) is 0 Å². The number of hydrogen-bond donors (Lipinski definition) is 5. The molecule has 0 fully saturated rings. The van der Waals surface area contributed by atoms with Crippen molar-refractivity contribution in [1.29, 1.82) is 0 Å². The van der Waals surface area contributed by atoms with E-state index in [0.717, 1.165) is 6.08 Å². The first kappa shape index (κ1) is 16.2. The Morgan fingerprint density at radius 3 is 1.93 bits per heavy atom. The molecule has 0 aromatic heterocycles. The van der Waals surface area contributed by atoms with Crippen molar-refractivity contribution in [3.63, 3.8) is 0 Å². The van der Waals surface area contributed by atoms with E-state index in [2.05, 4.69) is 6.58 Å². The second kappa shape index (κ2) is 9.28. The molecule has 7 heteroatoms. The molecule has 0 saturated heterocycles. The first-order valence-corrected chi connectivity index (χ1v) is 3.86. The van der Waals surface area contributed by atoms with Gasteiger partial charge in [-0.15, -0.1) is 0 Å². The quantitative estimate of drug-likeness (QED) is 0.256. The van der Waals surface area contributed by atoms with Gasteiger partial charge in [0.2, 0.25) is 0 Å². The smallest absolute Gasteiger partial charge is 0.327 e. The number of carbonyl (C=O) groups is 2. The molecule has 0 aliphatic rings. The predicted octanol–water partition coefficient (Wildman–Crippen LogP) is -2.48. The van der Waals surface area contributed by atoms with Gasteiger partial charge < -0.3 is 30.3 Å². The normalized spacial score (nSPS) is 15.2. The first-order valence-electron chi connectivity index (χ1n) is 3.86. The fraction of sp³-hybridized carbons (Fsp3) is 0.500. The third-order valence-electron chi connectivity index (χ3n) is 1.25. The molecule has 0 radical (unpaired) electrons. The average molecular weight is 222 g/mol. The van der Waals surface area contributed by atoms with E-state index in [1.807, 2.05) is 0 Å². The Hall–Kier alpha value is -1.28. The number of aliphatic hydroxyl groups is 4. The van der Waals surface area contributed by atoms with E-state index < -0.39 is 30.9 Å². The van der Waals surface area contributed by atoms with Gasteiger partial charge in [0.15, 0.2) is 6.29 Å². The Bertz CT molecular complexity index is 203. The van der Waals surface area contributed by atoms with E-state index >= 15 is 0 Å². The molecule has 0 saturated carbocycles. The van der Waals surface area contributed by atoms with Gasteiger partial charge >= 0.3 is 5.97 Å². The van der Waals surface area contributed by atoms with Crippen molar-refractivity contribution in [2.75, 3.05) is 6.61 Å². The topological polar surface area (TPSA) is 135 Å². The van der Waals surface area contributed by atoms with Crippen molar-refractivity contribution >= 4 is 12.3 Å². The summed E-state index contributed by atoms with van der Waals surface area (Å²) in [6, 6.07) is 0. The highest BCUT2D eigenvalue weighted by atomic mass is 16.4. The minimum Gasteiger partial charge on any atom is -0.478 e. The third-order valence-corrected chi connectivity index (χ3v) is 1.25. The van der Waals surface area contributed by atoms with Gasteiger partial charge in [-0.3, -0.25) is 0 Å². The van der Waals surface area contributed by atoms with E-state index in [9.17, 15) is 9.59 Å².